The molecule has 0 bridgehead atoms. The first kappa shape index (κ1) is 22.3. The van der Waals surface area contributed by atoms with Gasteiger partial charge in [-0.3, -0.25) is 14.4 Å². The Labute approximate surface area is 180 Å². The van der Waals surface area contributed by atoms with Crippen LogP contribution in [0.15, 0.2) is 24.3 Å². The molecule has 164 valence electrons. The first-order chi connectivity index (χ1) is 14.7. The summed E-state index contributed by atoms with van der Waals surface area (Å²) in [6, 6.07) is 7.16. The number of carbonyl (C=O) groups is 4. The summed E-state index contributed by atoms with van der Waals surface area (Å²) in [6.45, 7) is 5.52. The maximum atomic E-state index is 12.8. The Balaban J connectivity index is 1.62. The Morgan fingerprint density at radius 3 is 2.42 bits per heavy atom. The third kappa shape index (κ3) is 4.68. The van der Waals surface area contributed by atoms with Gasteiger partial charge in [-0.1, -0.05) is 12.1 Å². The lowest BCUT2D eigenvalue weighted by atomic mass is 10.1. The van der Waals surface area contributed by atoms with Crippen LogP contribution in [0.25, 0.3) is 0 Å². The molecule has 1 amide bonds. The van der Waals surface area contributed by atoms with E-state index in [0.29, 0.717) is 29.8 Å². The predicted molar refractivity (Wildman–Crippen MR) is 113 cm³/mol. The Bertz CT molecular complexity index is 1020. The lowest BCUT2D eigenvalue weighted by molar-refractivity contribution is -0.145. The average molecular weight is 426 g/mol. The molecule has 1 aliphatic rings. The molecule has 1 aliphatic heterocycles. The summed E-state index contributed by atoms with van der Waals surface area (Å²) in [5, 5.41) is 0. The molecule has 0 aliphatic carbocycles. The van der Waals surface area contributed by atoms with Crippen LogP contribution >= 0.6 is 0 Å². The molecule has 0 spiro atoms. The van der Waals surface area contributed by atoms with Gasteiger partial charge in [0.25, 0.3) is 0 Å². The maximum Gasteiger partial charge on any atom is 0.339 e. The molecule has 1 atom stereocenters. The highest BCUT2D eigenvalue weighted by atomic mass is 16.5. The zero-order valence-electron chi connectivity index (χ0n) is 18.1. The molecule has 1 aromatic carbocycles. The van der Waals surface area contributed by atoms with Crippen molar-refractivity contribution in [2.24, 2.45) is 0 Å². The third-order valence-electron chi connectivity index (χ3n) is 5.42. The number of H-pyrrole nitrogens is 1. The summed E-state index contributed by atoms with van der Waals surface area (Å²) < 4.78 is 10.1. The number of aromatic amines is 1. The number of aryl methyl sites for hydroxylation is 1. The van der Waals surface area contributed by atoms with Crippen LogP contribution in [-0.2, 0) is 25.5 Å². The van der Waals surface area contributed by atoms with Crippen molar-refractivity contribution in [2.45, 2.75) is 46.1 Å². The average Bonchev–Trinajstić information content (AvgIpc) is 3.29. The lowest BCUT2D eigenvalue weighted by Gasteiger charge is -2.16. The van der Waals surface area contributed by atoms with Crippen LogP contribution in [0, 0.1) is 13.8 Å². The van der Waals surface area contributed by atoms with Crippen molar-refractivity contribution in [1.82, 2.24) is 4.98 Å². The minimum atomic E-state index is -1.02. The molecule has 31 heavy (non-hydrogen) atoms. The number of aromatic nitrogens is 1. The van der Waals surface area contributed by atoms with Gasteiger partial charge in [0, 0.05) is 24.3 Å². The number of hydrogen-bond acceptors (Lipinski definition) is 6. The topological polar surface area (TPSA) is 106 Å². The van der Waals surface area contributed by atoms with Gasteiger partial charge in [-0.25, -0.2) is 4.79 Å². The molecule has 1 fully saturated rings. The van der Waals surface area contributed by atoms with Gasteiger partial charge < -0.3 is 19.4 Å². The van der Waals surface area contributed by atoms with Crippen molar-refractivity contribution < 1.29 is 28.7 Å². The van der Waals surface area contributed by atoms with E-state index in [9.17, 15) is 19.2 Å². The van der Waals surface area contributed by atoms with E-state index in [1.165, 1.54) is 14.0 Å². The molecule has 1 N–H and O–H groups in total. The summed E-state index contributed by atoms with van der Waals surface area (Å²) in [5.74, 6) is -1.40. The molecular weight excluding hydrogens is 400 g/mol. The van der Waals surface area contributed by atoms with E-state index in [-0.39, 0.29) is 18.0 Å². The number of benzene rings is 1. The Kier molecular flexibility index (Phi) is 6.58. The Morgan fingerprint density at radius 2 is 1.84 bits per heavy atom. The largest absolute Gasteiger partial charge is 0.465 e. The van der Waals surface area contributed by atoms with E-state index >= 15 is 0 Å². The molecule has 3 rings (SSSR count). The minimum Gasteiger partial charge on any atom is -0.465 e. The fourth-order valence-electron chi connectivity index (χ4n) is 3.78. The zero-order valence-corrected chi connectivity index (χ0v) is 18.1. The summed E-state index contributed by atoms with van der Waals surface area (Å²) >= 11 is 0. The van der Waals surface area contributed by atoms with Crippen molar-refractivity contribution in [2.75, 3.05) is 18.6 Å². The maximum absolute atomic E-state index is 12.8. The predicted octanol–water partition coefficient (Wildman–Crippen LogP) is 2.90. The number of esters is 2. The smallest absolute Gasteiger partial charge is 0.339 e. The molecule has 8 nitrogen and oxygen atoms in total. The van der Waals surface area contributed by atoms with Gasteiger partial charge in [-0.15, -0.1) is 0 Å². The number of ether oxygens (including phenoxy) is 2. The monoisotopic (exact) mass is 426 g/mol. The van der Waals surface area contributed by atoms with Crippen molar-refractivity contribution in [3.8, 4) is 0 Å². The van der Waals surface area contributed by atoms with Gasteiger partial charge in [0.2, 0.25) is 11.7 Å². The van der Waals surface area contributed by atoms with Crippen molar-refractivity contribution >= 4 is 29.3 Å². The Morgan fingerprint density at radius 1 is 1.16 bits per heavy atom. The van der Waals surface area contributed by atoms with E-state index in [1.54, 1.807) is 43.0 Å². The van der Waals surface area contributed by atoms with Crippen LogP contribution in [0.1, 0.15) is 57.4 Å². The van der Waals surface area contributed by atoms with Crippen molar-refractivity contribution in [3.63, 3.8) is 0 Å². The highest BCUT2D eigenvalue weighted by Gasteiger charge is 2.27. The second kappa shape index (κ2) is 9.16. The quantitative estimate of drug-likeness (QED) is 0.539. The molecule has 0 radical (unpaired) electrons. The van der Waals surface area contributed by atoms with Gasteiger partial charge in [0.1, 0.15) is 0 Å². The number of nitrogens with zero attached hydrogens (tertiary/aromatic N) is 1. The minimum absolute atomic E-state index is 0.00198. The molecule has 8 heteroatoms. The van der Waals surface area contributed by atoms with Gasteiger partial charge in [-0.05, 0) is 50.5 Å². The van der Waals surface area contributed by atoms with E-state index in [0.717, 1.165) is 17.7 Å². The third-order valence-corrected chi connectivity index (χ3v) is 5.42. The van der Waals surface area contributed by atoms with E-state index in [2.05, 4.69) is 4.98 Å². The van der Waals surface area contributed by atoms with Gasteiger partial charge in [0.15, 0.2) is 6.10 Å². The summed E-state index contributed by atoms with van der Waals surface area (Å²) in [7, 11) is 1.27. The number of hydrogen-bond donors (Lipinski definition) is 1. The fraction of sp³-hybridized carbons (Fsp3) is 0.391. The Hall–Kier alpha value is -3.42. The highest BCUT2D eigenvalue weighted by molar-refractivity contribution is 6.04. The van der Waals surface area contributed by atoms with Crippen LogP contribution in [0.5, 0.6) is 0 Å². The van der Waals surface area contributed by atoms with Crippen LogP contribution < -0.4 is 4.90 Å². The van der Waals surface area contributed by atoms with Gasteiger partial charge >= 0.3 is 11.9 Å². The summed E-state index contributed by atoms with van der Waals surface area (Å²) in [4.78, 5) is 53.5. The van der Waals surface area contributed by atoms with Crippen LogP contribution in [0.2, 0.25) is 0 Å². The molecule has 1 unspecified atom stereocenters. The molecule has 2 aromatic rings. The first-order valence-electron chi connectivity index (χ1n) is 10.1. The van der Waals surface area contributed by atoms with Gasteiger partial charge in [-0.2, -0.15) is 0 Å². The first-order valence-corrected chi connectivity index (χ1v) is 10.1. The number of nitrogens with one attached hydrogen (secondary N) is 1. The second-order valence-electron chi connectivity index (χ2n) is 7.61. The lowest BCUT2D eigenvalue weighted by Crippen LogP contribution is -2.26. The number of Topliss-reactive ketones (excluding diaryl/α,β-unsaturated/α-hetero) is 1. The fourth-order valence-corrected chi connectivity index (χ4v) is 3.78. The van der Waals surface area contributed by atoms with E-state index < -0.39 is 23.8 Å². The number of amides is 1. The van der Waals surface area contributed by atoms with Gasteiger partial charge in [0.05, 0.1) is 24.8 Å². The number of ketones is 1. The second-order valence-corrected chi connectivity index (χ2v) is 7.61. The highest BCUT2D eigenvalue weighted by Crippen LogP contribution is 2.23. The van der Waals surface area contributed by atoms with E-state index in [1.807, 2.05) is 0 Å². The number of carbonyl (C=O) groups excluding carboxylic acids is 4. The summed E-state index contributed by atoms with van der Waals surface area (Å²) in [6.07, 6.45) is 0.388. The van der Waals surface area contributed by atoms with Crippen LogP contribution in [-0.4, -0.2) is 48.4 Å². The molecule has 2 heterocycles. The zero-order chi connectivity index (χ0) is 22.7. The SMILES string of the molecule is COC(=O)c1c(C)[nH]c(C(=O)C(C)OC(=O)Cc2ccc(N3CCCC3=O)cc2)c1C. The molecule has 1 saturated heterocycles. The van der Waals surface area contributed by atoms with Crippen LogP contribution in [0.3, 0.4) is 0 Å². The van der Waals surface area contributed by atoms with Crippen LogP contribution in [0.4, 0.5) is 5.69 Å². The summed E-state index contributed by atoms with van der Waals surface area (Å²) in [5.41, 5.74) is 3.04. The normalized spacial score (nSPS) is 14.5. The standard InChI is InChI=1S/C23H26N2O6/c1-13-20(23(29)30-4)14(2)24-21(13)22(28)15(3)31-19(27)12-16-7-9-17(10-8-16)25-11-5-6-18(25)26/h7-10,15,24H,5-6,11-12H2,1-4H3. The molecule has 1 aromatic heterocycles. The number of rotatable bonds is 7. The number of anilines is 1. The molecular formula is C23H26N2O6. The van der Waals surface area contributed by atoms with Crippen molar-refractivity contribution in [1.29, 1.82) is 0 Å². The number of methoxy groups -OCH3 is 1. The molecule has 0 saturated carbocycles. The van der Waals surface area contributed by atoms with E-state index in [4.69, 9.17) is 9.47 Å². The van der Waals surface area contributed by atoms with Crippen molar-refractivity contribution in [3.05, 3.63) is 52.3 Å².